The largest absolute Gasteiger partial charge is 0.496 e. The van der Waals surface area contributed by atoms with Gasteiger partial charge in [0.05, 0.1) is 29.5 Å². The number of sulfonamides is 1. The lowest BCUT2D eigenvalue weighted by Gasteiger charge is -2.30. The molecule has 0 saturated heterocycles. The van der Waals surface area contributed by atoms with Gasteiger partial charge < -0.3 is 14.8 Å². The second kappa shape index (κ2) is 11.2. The van der Waals surface area contributed by atoms with Gasteiger partial charge in [-0.2, -0.15) is 0 Å². The van der Waals surface area contributed by atoms with Crippen LogP contribution in [0.2, 0.25) is 5.02 Å². The standard InChI is InChI=1S/C25H29ClN4O4S/c1-27-16-30-35(31,32)22-7-8-24(33-2)19(11-22)15-29-20-3-5-21(6-4-20)34-25-13-17-9-10-28-14-18(17)12-23(25)26/h7-14,16,20-21,29H,3-6,15H2,1-2H3,(H,27,30). The van der Waals surface area contributed by atoms with E-state index >= 15 is 0 Å². The topological polar surface area (TPSA) is 102 Å². The van der Waals surface area contributed by atoms with Crippen LogP contribution in [0.15, 0.2) is 58.7 Å². The molecule has 8 nitrogen and oxygen atoms in total. The first kappa shape index (κ1) is 25.2. The van der Waals surface area contributed by atoms with Crippen LogP contribution in [-0.4, -0.2) is 46.0 Å². The van der Waals surface area contributed by atoms with Gasteiger partial charge in [0, 0.05) is 43.0 Å². The van der Waals surface area contributed by atoms with Crippen LogP contribution in [0.3, 0.4) is 0 Å². The molecule has 1 heterocycles. The van der Waals surface area contributed by atoms with Crippen molar-refractivity contribution in [2.75, 3.05) is 14.2 Å². The van der Waals surface area contributed by atoms with Gasteiger partial charge in [-0.25, -0.2) is 8.42 Å². The van der Waals surface area contributed by atoms with Gasteiger partial charge in [0.25, 0.3) is 10.0 Å². The Morgan fingerprint density at radius 1 is 1.11 bits per heavy atom. The van der Waals surface area contributed by atoms with E-state index < -0.39 is 10.0 Å². The summed E-state index contributed by atoms with van der Waals surface area (Å²) in [6.07, 6.45) is 8.47. The van der Waals surface area contributed by atoms with Crippen molar-refractivity contribution in [2.45, 2.75) is 49.3 Å². The maximum Gasteiger partial charge on any atom is 0.262 e. The summed E-state index contributed by atoms with van der Waals surface area (Å²) in [5.74, 6) is 1.34. The summed E-state index contributed by atoms with van der Waals surface area (Å²) < 4.78 is 38.9. The Balaban J connectivity index is 1.35. The summed E-state index contributed by atoms with van der Waals surface area (Å²) in [6, 6.07) is 10.9. The number of hydrogen-bond acceptors (Lipinski definition) is 7. The lowest BCUT2D eigenvalue weighted by atomic mass is 9.92. The molecule has 0 bridgehead atoms. The number of methoxy groups -OCH3 is 1. The van der Waals surface area contributed by atoms with Crippen molar-refractivity contribution in [3.05, 3.63) is 59.4 Å². The van der Waals surface area contributed by atoms with Crippen molar-refractivity contribution >= 4 is 38.7 Å². The van der Waals surface area contributed by atoms with Crippen LogP contribution in [0.4, 0.5) is 0 Å². The van der Waals surface area contributed by atoms with Gasteiger partial charge in [0.1, 0.15) is 11.5 Å². The van der Waals surface area contributed by atoms with Crippen molar-refractivity contribution in [2.24, 2.45) is 4.99 Å². The van der Waals surface area contributed by atoms with Crippen LogP contribution < -0.4 is 19.5 Å². The van der Waals surface area contributed by atoms with Crippen molar-refractivity contribution in [3.8, 4) is 11.5 Å². The average molecular weight is 517 g/mol. The molecule has 0 unspecified atom stereocenters. The van der Waals surface area contributed by atoms with E-state index in [0.29, 0.717) is 29.1 Å². The molecule has 0 aliphatic heterocycles. The highest BCUT2D eigenvalue weighted by Crippen LogP contribution is 2.33. The molecular formula is C25H29ClN4O4S. The predicted molar refractivity (Wildman–Crippen MR) is 138 cm³/mol. The molecule has 0 spiro atoms. The third-order valence-corrected chi connectivity index (χ3v) is 7.73. The van der Waals surface area contributed by atoms with E-state index in [1.165, 1.54) is 13.1 Å². The first-order valence-electron chi connectivity index (χ1n) is 11.4. The number of rotatable bonds is 9. The summed E-state index contributed by atoms with van der Waals surface area (Å²) >= 11 is 6.44. The van der Waals surface area contributed by atoms with Crippen LogP contribution in [0, 0.1) is 0 Å². The fraction of sp³-hybridized carbons (Fsp3) is 0.360. The number of halogens is 1. The summed E-state index contributed by atoms with van der Waals surface area (Å²) in [4.78, 5) is 7.97. The van der Waals surface area contributed by atoms with Crippen molar-refractivity contribution in [1.29, 1.82) is 0 Å². The van der Waals surface area contributed by atoms with Crippen LogP contribution in [0.5, 0.6) is 11.5 Å². The van der Waals surface area contributed by atoms with Gasteiger partial charge in [-0.05, 0) is 67.5 Å². The van der Waals surface area contributed by atoms with E-state index in [2.05, 4.69) is 20.0 Å². The third-order valence-electron chi connectivity index (χ3n) is 6.14. The molecule has 1 aliphatic carbocycles. The number of nitrogens with one attached hydrogen (secondary N) is 2. The summed E-state index contributed by atoms with van der Waals surface area (Å²) in [5, 5.41) is 6.17. The normalized spacial score (nSPS) is 18.6. The Morgan fingerprint density at radius 3 is 2.66 bits per heavy atom. The first-order valence-corrected chi connectivity index (χ1v) is 13.3. The van der Waals surface area contributed by atoms with Gasteiger partial charge in [-0.1, -0.05) is 11.6 Å². The number of nitrogens with zero attached hydrogens (tertiary/aromatic N) is 2. The third kappa shape index (κ3) is 6.22. The molecule has 3 aromatic rings. The van der Waals surface area contributed by atoms with E-state index in [1.54, 1.807) is 31.6 Å². The SMILES string of the molecule is CN=CNS(=O)(=O)c1ccc(OC)c(CNC2CCC(Oc3cc4ccncc4cc3Cl)CC2)c1. The van der Waals surface area contributed by atoms with E-state index in [4.69, 9.17) is 21.1 Å². The molecule has 186 valence electrons. The molecule has 1 saturated carbocycles. The highest BCUT2D eigenvalue weighted by atomic mass is 35.5. The Labute approximate surface area is 210 Å². The quantitative estimate of drug-likeness (QED) is 0.324. The lowest BCUT2D eigenvalue weighted by molar-refractivity contribution is 0.139. The maximum absolute atomic E-state index is 12.4. The molecule has 1 aromatic heterocycles. The fourth-order valence-corrected chi connectivity index (χ4v) is 5.39. The Hall–Kier alpha value is -2.88. The molecule has 0 atom stereocenters. The molecule has 10 heteroatoms. The van der Waals surface area contributed by atoms with Crippen LogP contribution in [0.25, 0.3) is 10.8 Å². The number of ether oxygens (including phenoxy) is 2. The van der Waals surface area contributed by atoms with Crippen LogP contribution in [0.1, 0.15) is 31.2 Å². The number of pyridine rings is 1. The zero-order valence-corrected chi connectivity index (χ0v) is 21.3. The van der Waals surface area contributed by atoms with Gasteiger partial charge >= 0.3 is 0 Å². The molecule has 2 aromatic carbocycles. The van der Waals surface area contributed by atoms with Crippen molar-refractivity contribution in [3.63, 3.8) is 0 Å². The van der Waals surface area contributed by atoms with Crippen LogP contribution in [-0.2, 0) is 16.6 Å². The second-order valence-corrected chi connectivity index (χ2v) is 10.6. The van der Waals surface area contributed by atoms with Crippen molar-refractivity contribution in [1.82, 2.24) is 15.0 Å². The Bertz CT molecular complexity index is 1310. The molecule has 1 aliphatic rings. The Morgan fingerprint density at radius 2 is 1.91 bits per heavy atom. The summed E-state index contributed by atoms with van der Waals surface area (Å²) in [6.45, 7) is 0.495. The molecular weight excluding hydrogens is 488 g/mol. The Kier molecular flexibility index (Phi) is 8.10. The van der Waals surface area contributed by atoms with Gasteiger partial charge in [0.2, 0.25) is 0 Å². The number of fused-ring (bicyclic) bond motifs is 1. The zero-order chi connectivity index (χ0) is 24.8. The van der Waals surface area contributed by atoms with Gasteiger partial charge in [-0.15, -0.1) is 0 Å². The van der Waals surface area contributed by atoms with E-state index in [-0.39, 0.29) is 11.0 Å². The predicted octanol–water partition coefficient (Wildman–Crippen LogP) is 4.31. The number of hydrogen-bond donors (Lipinski definition) is 2. The monoisotopic (exact) mass is 516 g/mol. The van der Waals surface area contributed by atoms with Crippen molar-refractivity contribution < 1.29 is 17.9 Å². The van der Waals surface area contributed by atoms with E-state index in [1.807, 2.05) is 18.2 Å². The van der Waals surface area contributed by atoms with E-state index in [9.17, 15) is 8.42 Å². The number of aromatic nitrogens is 1. The highest BCUT2D eigenvalue weighted by molar-refractivity contribution is 7.90. The molecule has 0 amide bonds. The summed E-state index contributed by atoms with van der Waals surface area (Å²) in [5.41, 5.74) is 0.777. The second-order valence-electron chi connectivity index (χ2n) is 8.46. The minimum atomic E-state index is -3.68. The number of aliphatic imine (C=N–C) groups is 1. The smallest absolute Gasteiger partial charge is 0.262 e. The molecule has 1 fully saturated rings. The van der Waals surface area contributed by atoms with Crippen LogP contribution >= 0.6 is 11.6 Å². The molecule has 35 heavy (non-hydrogen) atoms. The van der Waals surface area contributed by atoms with E-state index in [0.717, 1.165) is 48.4 Å². The highest BCUT2D eigenvalue weighted by Gasteiger charge is 2.24. The summed E-state index contributed by atoms with van der Waals surface area (Å²) in [7, 11) is -0.606. The molecule has 0 radical (unpaired) electrons. The minimum Gasteiger partial charge on any atom is -0.496 e. The lowest BCUT2D eigenvalue weighted by Crippen LogP contribution is -2.36. The maximum atomic E-state index is 12.4. The zero-order valence-electron chi connectivity index (χ0n) is 19.7. The fourth-order valence-electron chi connectivity index (χ4n) is 4.25. The van der Waals surface area contributed by atoms with Gasteiger partial charge in [-0.3, -0.25) is 14.7 Å². The average Bonchev–Trinajstić information content (AvgIpc) is 2.87. The molecule has 4 rings (SSSR count). The first-order chi connectivity index (χ1) is 16.9. The minimum absolute atomic E-state index is 0.0964. The van der Waals surface area contributed by atoms with Gasteiger partial charge in [0.15, 0.2) is 0 Å². The molecule has 2 N–H and O–H groups in total. The number of benzene rings is 2.